The number of carbonyl (C=O) groups is 3. The van der Waals surface area contributed by atoms with Crippen molar-refractivity contribution in [1.82, 2.24) is 15.1 Å². The van der Waals surface area contributed by atoms with Gasteiger partial charge in [-0.15, -0.1) is 0 Å². The zero-order valence-corrected chi connectivity index (χ0v) is 19.7. The van der Waals surface area contributed by atoms with Gasteiger partial charge in [-0.1, -0.05) is 72.7 Å². The van der Waals surface area contributed by atoms with Crippen LogP contribution < -0.4 is 5.32 Å². The van der Waals surface area contributed by atoms with Gasteiger partial charge in [0, 0.05) is 13.1 Å². The fraction of sp³-hybridized carbons (Fsp3) is 0.625. The Morgan fingerprint density at radius 2 is 1.53 bits per heavy atom. The molecule has 1 aliphatic rings. The largest absolute Gasteiger partial charge is 0.341 e. The number of urea groups is 1. The molecule has 0 aromatic heterocycles. The maximum atomic E-state index is 13.2. The van der Waals surface area contributed by atoms with Crippen molar-refractivity contribution < 1.29 is 14.4 Å². The summed E-state index contributed by atoms with van der Waals surface area (Å²) in [4.78, 5) is 41.5. The quantitative estimate of drug-likeness (QED) is 0.687. The molecule has 1 aromatic carbocycles. The summed E-state index contributed by atoms with van der Waals surface area (Å²) in [7, 11) is 0. The van der Waals surface area contributed by atoms with E-state index in [1.807, 2.05) is 52.0 Å². The lowest BCUT2D eigenvalue weighted by atomic mass is 9.84. The minimum absolute atomic E-state index is 0.00287. The van der Waals surface area contributed by atoms with Gasteiger partial charge in [0.1, 0.15) is 12.1 Å². The second-order valence-electron chi connectivity index (χ2n) is 10.4. The van der Waals surface area contributed by atoms with Crippen molar-refractivity contribution in [1.29, 1.82) is 0 Å². The lowest BCUT2D eigenvalue weighted by Crippen LogP contribution is -2.46. The maximum absolute atomic E-state index is 13.2. The van der Waals surface area contributed by atoms with Crippen LogP contribution in [0.5, 0.6) is 0 Å². The van der Waals surface area contributed by atoms with Crippen LogP contribution >= 0.6 is 0 Å². The molecular weight excluding hydrogens is 378 g/mol. The van der Waals surface area contributed by atoms with Gasteiger partial charge < -0.3 is 10.2 Å². The van der Waals surface area contributed by atoms with E-state index in [0.29, 0.717) is 30.5 Å². The first kappa shape index (κ1) is 23.9. The van der Waals surface area contributed by atoms with Crippen molar-refractivity contribution in [2.24, 2.45) is 11.8 Å². The summed E-state index contributed by atoms with van der Waals surface area (Å²) in [5.74, 6) is 0.0245. The molecule has 1 atom stereocenters. The third kappa shape index (κ3) is 5.21. The first-order chi connectivity index (χ1) is 13.8. The van der Waals surface area contributed by atoms with E-state index in [4.69, 9.17) is 0 Å². The number of benzene rings is 1. The van der Waals surface area contributed by atoms with E-state index in [1.165, 1.54) is 0 Å². The summed E-state index contributed by atoms with van der Waals surface area (Å²) in [6, 6.07) is 7.22. The summed E-state index contributed by atoms with van der Waals surface area (Å²) in [5.41, 5.74) is 0.688. The second kappa shape index (κ2) is 8.78. The fourth-order valence-corrected chi connectivity index (χ4v) is 3.73. The molecule has 4 amide bonds. The molecule has 0 radical (unpaired) electrons. The molecule has 1 heterocycles. The Morgan fingerprint density at radius 1 is 1.03 bits per heavy atom. The molecule has 0 saturated carbocycles. The number of hydrogen-bond acceptors (Lipinski definition) is 3. The molecule has 1 aliphatic heterocycles. The fourth-order valence-electron chi connectivity index (χ4n) is 3.73. The first-order valence-electron chi connectivity index (χ1n) is 10.8. The zero-order chi connectivity index (χ0) is 22.9. The minimum atomic E-state index is -1.17. The molecular formula is C24H37N3O3. The Morgan fingerprint density at radius 3 is 1.97 bits per heavy atom. The van der Waals surface area contributed by atoms with Gasteiger partial charge in [0.2, 0.25) is 5.91 Å². The van der Waals surface area contributed by atoms with Crippen LogP contribution in [0.1, 0.15) is 66.5 Å². The summed E-state index contributed by atoms with van der Waals surface area (Å²) < 4.78 is 0. The topological polar surface area (TPSA) is 69.7 Å². The maximum Gasteiger partial charge on any atom is 0.325 e. The van der Waals surface area contributed by atoms with Gasteiger partial charge in [-0.2, -0.15) is 0 Å². The molecule has 166 valence electrons. The normalized spacial score (nSPS) is 19.6. The lowest BCUT2D eigenvalue weighted by Gasteiger charge is -2.28. The van der Waals surface area contributed by atoms with Crippen molar-refractivity contribution in [2.45, 2.75) is 66.3 Å². The van der Waals surface area contributed by atoms with Crippen molar-refractivity contribution >= 4 is 17.8 Å². The average Bonchev–Trinajstić information content (AvgIpc) is 2.84. The second-order valence-corrected chi connectivity index (χ2v) is 10.4. The number of imide groups is 1. The molecule has 30 heavy (non-hydrogen) atoms. The molecule has 0 aliphatic carbocycles. The molecule has 1 fully saturated rings. The Kier molecular flexibility index (Phi) is 7.00. The van der Waals surface area contributed by atoms with Gasteiger partial charge >= 0.3 is 6.03 Å². The van der Waals surface area contributed by atoms with E-state index in [0.717, 1.165) is 10.5 Å². The summed E-state index contributed by atoms with van der Waals surface area (Å²) >= 11 is 0. The highest BCUT2D eigenvalue weighted by Gasteiger charge is 2.49. The van der Waals surface area contributed by atoms with Crippen molar-refractivity contribution in [2.75, 3.05) is 19.6 Å². The van der Waals surface area contributed by atoms with Crippen LogP contribution in [0.15, 0.2) is 24.3 Å². The van der Waals surface area contributed by atoms with Gasteiger partial charge in [-0.3, -0.25) is 14.5 Å². The van der Waals surface area contributed by atoms with E-state index < -0.39 is 17.5 Å². The van der Waals surface area contributed by atoms with E-state index in [2.05, 4.69) is 26.1 Å². The van der Waals surface area contributed by atoms with Crippen LogP contribution in [-0.2, 0) is 20.5 Å². The third-order valence-electron chi connectivity index (χ3n) is 5.42. The lowest BCUT2D eigenvalue weighted by molar-refractivity contribution is -0.139. The van der Waals surface area contributed by atoms with E-state index in [9.17, 15) is 14.4 Å². The highest BCUT2D eigenvalue weighted by Crippen LogP contribution is 2.31. The number of amides is 4. The molecule has 1 saturated heterocycles. The molecule has 2 rings (SSSR count). The van der Waals surface area contributed by atoms with Crippen molar-refractivity contribution in [3.63, 3.8) is 0 Å². The zero-order valence-electron chi connectivity index (χ0n) is 19.7. The molecule has 0 unspecified atom stereocenters. The van der Waals surface area contributed by atoms with Crippen LogP contribution in [0.25, 0.3) is 0 Å². The smallest absolute Gasteiger partial charge is 0.325 e. The highest BCUT2D eigenvalue weighted by molar-refractivity contribution is 6.09. The summed E-state index contributed by atoms with van der Waals surface area (Å²) in [5, 5.41) is 2.80. The summed E-state index contributed by atoms with van der Waals surface area (Å²) in [6.07, 6.45) is 0. The van der Waals surface area contributed by atoms with Crippen molar-refractivity contribution in [3.05, 3.63) is 35.4 Å². The Balaban J connectivity index is 2.21. The Labute approximate surface area is 181 Å². The monoisotopic (exact) mass is 415 g/mol. The molecule has 0 spiro atoms. The van der Waals surface area contributed by atoms with E-state index in [-0.39, 0.29) is 17.9 Å². The highest BCUT2D eigenvalue weighted by atomic mass is 16.2. The molecule has 0 bridgehead atoms. The standard InChI is InChI=1S/C24H37N3O3/c1-16(2)13-26(14-17(3)4)20(28)15-27-21(29)24(8,25-22(27)30)19-11-9-18(10-12-19)23(5,6)7/h9-12,16-17H,13-15H2,1-8H3,(H,25,30)/t24-/m1/s1. The van der Waals surface area contributed by atoms with Crippen LogP contribution in [0.2, 0.25) is 0 Å². The molecule has 6 nitrogen and oxygen atoms in total. The number of rotatable bonds is 7. The SMILES string of the molecule is CC(C)CN(CC(C)C)C(=O)CN1C(=O)N[C@](C)(c2ccc(C(C)(C)C)cc2)C1=O. The molecule has 6 heteroatoms. The van der Waals surface area contributed by atoms with E-state index >= 15 is 0 Å². The minimum Gasteiger partial charge on any atom is -0.341 e. The van der Waals surface area contributed by atoms with Crippen LogP contribution in [0.3, 0.4) is 0 Å². The first-order valence-corrected chi connectivity index (χ1v) is 10.8. The van der Waals surface area contributed by atoms with Gasteiger partial charge in [-0.05, 0) is 35.3 Å². The summed E-state index contributed by atoms with van der Waals surface area (Å²) in [6.45, 7) is 17.2. The van der Waals surface area contributed by atoms with Crippen LogP contribution in [0.4, 0.5) is 4.79 Å². The Hall–Kier alpha value is -2.37. The predicted molar refractivity (Wildman–Crippen MR) is 119 cm³/mol. The number of nitrogens with zero attached hydrogens (tertiary/aromatic N) is 2. The molecule has 1 aromatic rings. The number of hydrogen-bond donors (Lipinski definition) is 1. The van der Waals surface area contributed by atoms with Gasteiger partial charge in [0.05, 0.1) is 0 Å². The Bertz CT molecular complexity index is 783. The average molecular weight is 416 g/mol. The van der Waals surface area contributed by atoms with Gasteiger partial charge in [0.15, 0.2) is 0 Å². The van der Waals surface area contributed by atoms with Gasteiger partial charge in [-0.25, -0.2) is 4.79 Å². The van der Waals surface area contributed by atoms with Gasteiger partial charge in [0.25, 0.3) is 5.91 Å². The van der Waals surface area contributed by atoms with Crippen molar-refractivity contribution in [3.8, 4) is 0 Å². The van der Waals surface area contributed by atoms with Crippen LogP contribution in [0, 0.1) is 11.8 Å². The van der Waals surface area contributed by atoms with E-state index in [1.54, 1.807) is 11.8 Å². The number of carbonyl (C=O) groups excluding carboxylic acids is 3. The number of nitrogens with one attached hydrogen (secondary N) is 1. The predicted octanol–water partition coefficient (Wildman–Crippen LogP) is 3.89. The van der Waals surface area contributed by atoms with Crippen LogP contribution in [-0.4, -0.2) is 47.3 Å². The third-order valence-corrected chi connectivity index (χ3v) is 5.42. The molecule has 1 N–H and O–H groups in total.